The highest BCUT2D eigenvalue weighted by Gasteiger charge is 2.22. The van der Waals surface area contributed by atoms with Crippen LogP contribution in [0.4, 0.5) is 4.39 Å². The van der Waals surface area contributed by atoms with Crippen molar-refractivity contribution in [2.24, 2.45) is 9.98 Å². The first-order valence-electron chi connectivity index (χ1n) is 3.89. The molecule has 0 aromatic heterocycles. The quantitative estimate of drug-likeness (QED) is 0.549. The molecule has 0 aromatic rings. The standard InChI is InChI=1S/C9H7FN2O/c1-5-11-8-3-2-6(10)4-7(8)9(13)12-5/h2-4,6H,1H3. The van der Waals surface area contributed by atoms with E-state index in [-0.39, 0.29) is 5.57 Å². The van der Waals surface area contributed by atoms with Gasteiger partial charge >= 0.3 is 0 Å². The first kappa shape index (κ1) is 8.04. The topological polar surface area (TPSA) is 41.8 Å². The molecule has 0 N–H and O–H groups in total. The fraction of sp³-hybridized carbons (Fsp3) is 0.222. The second-order valence-electron chi connectivity index (χ2n) is 2.85. The molecular formula is C9H7FN2O. The molecular weight excluding hydrogens is 171 g/mol. The van der Waals surface area contributed by atoms with Crippen LogP contribution in [0.3, 0.4) is 0 Å². The maximum absolute atomic E-state index is 12.8. The van der Waals surface area contributed by atoms with Gasteiger partial charge in [0.05, 0.1) is 11.3 Å². The van der Waals surface area contributed by atoms with Crippen LogP contribution in [0.15, 0.2) is 33.8 Å². The summed E-state index contributed by atoms with van der Waals surface area (Å²) in [4.78, 5) is 18.9. The zero-order chi connectivity index (χ0) is 9.42. The van der Waals surface area contributed by atoms with Gasteiger partial charge in [-0.2, -0.15) is 4.99 Å². The van der Waals surface area contributed by atoms with Crippen LogP contribution in [0.1, 0.15) is 6.92 Å². The molecule has 4 heteroatoms. The summed E-state index contributed by atoms with van der Waals surface area (Å²) in [5.74, 6) is 0.00797. The first-order chi connectivity index (χ1) is 6.16. The van der Waals surface area contributed by atoms with E-state index in [2.05, 4.69) is 9.98 Å². The van der Waals surface area contributed by atoms with Crippen LogP contribution >= 0.6 is 0 Å². The highest BCUT2D eigenvalue weighted by atomic mass is 19.1. The largest absolute Gasteiger partial charge is 0.280 e. The van der Waals surface area contributed by atoms with Crippen molar-refractivity contribution in [2.75, 3.05) is 0 Å². The zero-order valence-electron chi connectivity index (χ0n) is 6.99. The third kappa shape index (κ3) is 1.35. The van der Waals surface area contributed by atoms with Gasteiger partial charge in [-0.05, 0) is 25.2 Å². The molecule has 1 atom stereocenters. The zero-order valence-corrected chi connectivity index (χ0v) is 6.99. The van der Waals surface area contributed by atoms with E-state index in [0.717, 1.165) is 0 Å². The Morgan fingerprint density at radius 3 is 3.00 bits per heavy atom. The number of carbonyl (C=O) groups excluding carboxylic acids is 1. The van der Waals surface area contributed by atoms with E-state index >= 15 is 0 Å². The fourth-order valence-electron chi connectivity index (χ4n) is 1.26. The molecule has 1 aliphatic carbocycles. The highest BCUT2D eigenvalue weighted by Crippen LogP contribution is 2.16. The molecule has 0 fully saturated rings. The number of amides is 1. The number of allylic oxidation sites excluding steroid dienone is 3. The summed E-state index contributed by atoms with van der Waals surface area (Å²) < 4.78 is 12.8. The van der Waals surface area contributed by atoms with E-state index in [9.17, 15) is 9.18 Å². The lowest BCUT2D eigenvalue weighted by molar-refractivity contribution is -0.114. The number of amidine groups is 1. The molecule has 0 aromatic carbocycles. The normalized spacial score (nSPS) is 26.2. The molecule has 1 aliphatic heterocycles. The second kappa shape index (κ2) is 2.73. The fourth-order valence-corrected chi connectivity index (χ4v) is 1.26. The van der Waals surface area contributed by atoms with Gasteiger partial charge < -0.3 is 0 Å². The van der Waals surface area contributed by atoms with Crippen LogP contribution in [-0.4, -0.2) is 23.6 Å². The Morgan fingerprint density at radius 2 is 2.23 bits per heavy atom. The lowest BCUT2D eigenvalue weighted by Crippen LogP contribution is -2.20. The van der Waals surface area contributed by atoms with Gasteiger partial charge in [0.25, 0.3) is 5.91 Å². The Bertz CT molecular complexity index is 390. The van der Waals surface area contributed by atoms with Gasteiger partial charge in [-0.1, -0.05) is 0 Å². The van der Waals surface area contributed by atoms with Gasteiger partial charge in [0.1, 0.15) is 12.0 Å². The first-order valence-corrected chi connectivity index (χ1v) is 3.89. The van der Waals surface area contributed by atoms with Crippen molar-refractivity contribution >= 4 is 17.5 Å². The monoisotopic (exact) mass is 178 g/mol. The summed E-state index contributed by atoms with van der Waals surface area (Å²) >= 11 is 0. The van der Waals surface area contributed by atoms with Crippen molar-refractivity contribution in [1.82, 2.24) is 0 Å². The third-order valence-electron chi connectivity index (χ3n) is 1.82. The number of hydrogen-bond donors (Lipinski definition) is 0. The number of halogens is 1. The van der Waals surface area contributed by atoms with E-state index < -0.39 is 12.1 Å². The summed E-state index contributed by atoms with van der Waals surface area (Å²) in [6.45, 7) is 1.64. The molecule has 1 unspecified atom stereocenters. The van der Waals surface area contributed by atoms with Gasteiger partial charge in [-0.3, -0.25) is 4.79 Å². The maximum atomic E-state index is 12.8. The molecule has 3 nitrogen and oxygen atoms in total. The molecule has 0 saturated heterocycles. The van der Waals surface area contributed by atoms with E-state index in [1.165, 1.54) is 18.2 Å². The minimum Gasteiger partial charge on any atom is -0.267 e. The number of nitrogens with zero attached hydrogens (tertiary/aromatic N) is 2. The molecule has 2 aliphatic rings. The Hall–Kier alpha value is -1.58. The SMILES string of the molecule is CC1=NC(=O)C2=CC(F)C=CC2=N1. The van der Waals surface area contributed by atoms with Crippen LogP contribution in [0, 0.1) is 0 Å². The Labute approximate surface area is 74.4 Å². The lowest BCUT2D eigenvalue weighted by atomic mass is 10.0. The van der Waals surface area contributed by atoms with Crippen LogP contribution in [0.25, 0.3) is 0 Å². The summed E-state index contributed by atoms with van der Waals surface area (Å²) in [6.07, 6.45) is 2.90. The van der Waals surface area contributed by atoms with Gasteiger partial charge in [0, 0.05) is 0 Å². The molecule has 13 heavy (non-hydrogen) atoms. The third-order valence-corrected chi connectivity index (χ3v) is 1.82. The van der Waals surface area contributed by atoms with Gasteiger partial charge in [0.2, 0.25) is 0 Å². The van der Waals surface area contributed by atoms with Crippen molar-refractivity contribution in [3.05, 3.63) is 23.8 Å². The smallest absolute Gasteiger partial charge is 0.267 e. The molecule has 2 rings (SSSR count). The van der Waals surface area contributed by atoms with E-state index in [1.54, 1.807) is 6.92 Å². The van der Waals surface area contributed by atoms with E-state index in [0.29, 0.717) is 11.5 Å². The molecule has 0 radical (unpaired) electrons. The van der Waals surface area contributed by atoms with Crippen LogP contribution in [0.2, 0.25) is 0 Å². The number of alkyl halides is 1. The van der Waals surface area contributed by atoms with E-state index in [1.807, 2.05) is 0 Å². The number of rotatable bonds is 0. The molecule has 0 saturated carbocycles. The predicted molar refractivity (Wildman–Crippen MR) is 47.7 cm³/mol. The highest BCUT2D eigenvalue weighted by molar-refractivity contribution is 6.32. The van der Waals surface area contributed by atoms with Gasteiger partial charge in [0.15, 0.2) is 0 Å². The van der Waals surface area contributed by atoms with Crippen molar-refractivity contribution in [3.63, 3.8) is 0 Å². The van der Waals surface area contributed by atoms with Gasteiger partial charge in [-0.15, -0.1) is 0 Å². The van der Waals surface area contributed by atoms with Crippen molar-refractivity contribution < 1.29 is 9.18 Å². The molecule has 0 bridgehead atoms. The van der Waals surface area contributed by atoms with Crippen LogP contribution in [0.5, 0.6) is 0 Å². The Morgan fingerprint density at radius 1 is 1.46 bits per heavy atom. The number of carbonyl (C=O) groups is 1. The molecule has 1 heterocycles. The number of hydrogen-bond acceptors (Lipinski definition) is 2. The second-order valence-corrected chi connectivity index (χ2v) is 2.85. The van der Waals surface area contributed by atoms with Crippen molar-refractivity contribution in [1.29, 1.82) is 0 Å². The maximum Gasteiger partial charge on any atom is 0.280 e. The Balaban J connectivity index is 2.48. The minimum atomic E-state index is -1.20. The lowest BCUT2D eigenvalue weighted by Gasteiger charge is -2.13. The van der Waals surface area contributed by atoms with Crippen LogP contribution in [-0.2, 0) is 4.79 Å². The average Bonchev–Trinajstić information content (AvgIpc) is 2.06. The van der Waals surface area contributed by atoms with Gasteiger partial charge in [-0.25, -0.2) is 9.38 Å². The number of aliphatic imine (C=N–C) groups is 2. The number of fused-ring (bicyclic) bond motifs is 1. The summed E-state index contributed by atoms with van der Waals surface area (Å²) in [6, 6.07) is 0. The van der Waals surface area contributed by atoms with E-state index in [4.69, 9.17) is 0 Å². The summed E-state index contributed by atoms with van der Waals surface area (Å²) in [5, 5.41) is 0. The summed E-state index contributed by atoms with van der Waals surface area (Å²) in [5.41, 5.74) is 0.770. The molecule has 0 spiro atoms. The van der Waals surface area contributed by atoms with Crippen LogP contribution < -0.4 is 0 Å². The molecule has 66 valence electrons. The van der Waals surface area contributed by atoms with Crippen molar-refractivity contribution in [3.8, 4) is 0 Å². The average molecular weight is 178 g/mol. The minimum absolute atomic E-state index is 0.264. The molecule has 1 amide bonds. The predicted octanol–water partition coefficient (Wildman–Crippen LogP) is 1.22. The Kier molecular flexibility index (Phi) is 1.69. The van der Waals surface area contributed by atoms with Crippen molar-refractivity contribution in [2.45, 2.75) is 13.1 Å². The summed E-state index contributed by atoms with van der Waals surface area (Å²) in [7, 11) is 0.